The Morgan fingerprint density at radius 3 is 2.35 bits per heavy atom. The van der Waals surface area contributed by atoms with Gasteiger partial charge in [0.25, 0.3) is 0 Å². The molecule has 1 aliphatic rings. The number of nitrogens with zero attached hydrogens (tertiary/aromatic N) is 1. The van der Waals surface area contributed by atoms with Crippen molar-refractivity contribution >= 4 is 0 Å². The molecular weight excluding hydrogens is 210 g/mol. The van der Waals surface area contributed by atoms with E-state index in [1.807, 2.05) is 0 Å². The van der Waals surface area contributed by atoms with Gasteiger partial charge in [0.15, 0.2) is 0 Å². The van der Waals surface area contributed by atoms with Crippen LogP contribution in [0.15, 0.2) is 24.3 Å². The first-order chi connectivity index (χ1) is 8.29. The highest BCUT2D eigenvalue weighted by Crippen LogP contribution is 2.21. The lowest BCUT2D eigenvalue weighted by Gasteiger charge is -2.29. The molecule has 0 N–H and O–H groups in total. The second-order valence-corrected chi connectivity index (χ2v) is 5.04. The van der Waals surface area contributed by atoms with Crippen molar-refractivity contribution in [2.45, 2.75) is 32.1 Å². The Bertz CT molecular complexity index is 327. The summed E-state index contributed by atoms with van der Waals surface area (Å²) in [6.07, 6.45) is 4.15. The SMILES string of the molecule is COc1ccc(C(C)CN2CCCCC2)cc1. The Morgan fingerprint density at radius 1 is 1.12 bits per heavy atom. The zero-order chi connectivity index (χ0) is 12.1. The number of rotatable bonds is 4. The third kappa shape index (κ3) is 3.47. The predicted molar refractivity (Wildman–Crippen MR) is 71.7 cm³/mol. The average Bonchev–Trinajstić information content (AvgIpc) is 2.40. The van der Waals surface area contributed by atoms with Gasteiger partial charge < -0.3 is 9.64 Å². The molecule has 0 amide bonds. The van der Waals surface area contributed by atoms with Crippen molar-refractivity contribution in [3.8, 4) is 5.75 Å². The summed E-state index contributed by atoms with van der Waals surface area (Å²) in [4.78, 5) is 2.60. The molecule has 1 atom stereocenters. The van der Waals surface area contributed by atoms with Gasteiger partial charge >= 0.3 is 0 Å². The van der Waals surface area contributed by atoms with Crippen molar-refractivity contribution in [3.05, 3.63) is 29.8 Å². The van der Waals surface area contributed by atoms with Crippen LogP contribution in [0.3, 0.4) is 0 Å². The maximum Gasteiger partial charge on any atom is 0.118 e. The smallest absolute Gasteiger partial charge is 0.118 e. The number of methoxy groups -OCH3 is 1. The maximum atomic E-state index is 5.19. The monoisotopic (exact) mass is 233 g/mol. The standard InChI is InChI=1S/C15H23NO/c1-13(12-16-10-4-3-5-11-16)14-6-8-15(17-2)9-7-14/h6-9,13H,3-5,10-12H2,1-2H3. The topological polar surface area (TPSA) is 12.5 Å². The third-order valence-electron chi connectivity index (χ3n) is 3.67. The zero-order valence-corrected chi connectivity index (χ0v) is 11.0. The molecule has 1 saturated heterocycles. The summed E-state index contributed by atoms with van der Waals surface area (Å²) in [6.45, 7) is 6.06. The lowest BCUT2D eigenvalue weighted by molar-refractivity contribution is 0.219. The third-order valence-corrected chi connectivity index (χ3v) is 3.67. The quantitative estimate of drug-likeness (QED) is 0.791. The van der Waals surface area contributed by atoms with E-state index in [-0.39, 0.29) is 0 Å². The fourth-order valence-corrected chi connectivity index (χ4v) is 2.57. The van der Waals surface area contributed by atoms with Crippen LogP contribution in [0.5, 0.6) is 5.75 Å². The van der Waals surface area contributed by atoms with Crippen molar-refractivity contribution in [1.82, 2.24) is 4.90 Å². The molecule has 0 bridgehead atoms. The van der Waals surface area contributed by atoms with Gasteiger partial charge in [-0.2, -0.15) is 0 Å². The molecule has 2 heteroatoms. The molecule has 1 aromatic carbocycles. The summed E-state index contributed by atoms with van der Waals surface area (Å²) >= 11 is 0. The van der Waals surface area contributed by atoms with Crippen molar-refractivity contribution in [1.29, 1.82) is 0 Å². The lowest BCUT2D eigenvalue weighted by Crippen LogP contribution is -2.32. The van der Waals surface area contributed by atoms with E-state index in [1.54, 1.807) is 7.11 Å². The largest absolute Gasteiger partial charge is 0.497 e. The molecule has 0 radical (unpaired) electrons. The summed E-state index contributed by atoms with van der Waals surface area (Å²) in [6, 6.07) is 8.49. The van der Waals surface area contributed by atoms with E-state index in [9.17, 15) is 0 Å². The van der Waals surface area contributed by atoms with E-state index in [4.69, 9.17) is 4.74 Å². The van der Waals surface area contributed by atoms with Crippen LogP contribution in [-0.2, 0) is 0 Å². The van der Waals surface area contributed by atoms with Crippen LogP contribution in [0.4, 0.5) is 0 Å². The van der Waals surface area contributed by atoms with Crippen molar-refractivity contribution in [2.24, 2.45) is 0 Å². The van der Waals surface area contributed by atoms with Crippen LogP contribution >= 0.6 is 0 Å². The number of hydrogen-bond acceptors (Lipinski definition) is 2. The Labute approximate surface area is 105 Å². The van der Waals surface area contributed by atoms with E-state index < -0.39 is 0 Å². The van der Waals surface area contributed by atoms with Crippen LogP contribution in [-0.4, -0.2) is 31.6 Å². The van der Waals surface area contributed by atoms with Gasteiger partial charge in [-0.1, -0.05) is 25.5 Å². The summed E-state index contributed by atoms with van der Waals surface area (Å²) in [7, 11) is 1.71. The minimum atomic E-state index is 0.610. The fourth-order valence-electron chi connectivity index (χ4n) is 2.57. The molecule has 2 nitrogen and oxygen atoms in total. The van der Waals surface area contributed by atoms with Gasteiger partial charge in [-0.25, -0.2) is 0 Å². The molecule has 0 spiro atoms. The van der Waals surface area contributed by atoms with Crippen LogP contribution < -0.4 is 4.74 Å². The van der Waals surface area contributed by atoms with Gasteiger partial charge in [-0.05, 0) is 49.5 Å². The van der Waals surface area contributed by atoms with Gasteiger partial charge in [-0.15, -0.1) is 0 Å². The lowest BCUT2D eigenvalue weighted by atomic mass is 9.99. The summed E-state index contributed by atoms with van der Waals surface area (Å²) < 4.78 is 5.19. The molecule has 17 heavy (non-hydrogen) atoms. The molecule has 0 aliphatic carbocycles. The highest BCUT2D eigenvalue weighted by atomic mass is 16.5. The first kappa shape index (κ1) is 12.4. The van der Waals surface area contributed by atoms with Gasteiger partial charge in [0.2, 0.25) is 0 Å². The van der Waals surface area contributed by atoms with Crippen LogP contribution in [0.1, 0.15) is 37.7 Å². The Balaban J connectivity index is 1.91. The van der Waals surface area contributed by atoms with Crippen molar-refractivity contribution in [3.63, 3.8) is 0 Å². The second-order valence-electron chi connectivity index (χ2n) is 5.04. The molecule has 94 valence electrons. The number of ether oxygens (including phenoxy) is 1. The molecule has 1 heterocycles. The normalized spacial score (nSPS) is 18.9. The molecule has 1 aromatic rings. The van der Waals surface area contributed by atoms with E-state index in [1.165, 1.54) is 44.5 Å². The first-order valence-corrected chi connectivity index (χ1v) is 6.66. The van der Waals surface area contributed by atoms with E-state index >= 15 is 0 Å². The maximum absolute atomic E-state index is 5.19. The minimum absolute atomic E-state index is 0.610. The molecule has 1 aliphatic heterocycles. The van der Waals surface area contributed by atoms with Crippen LogP contribution in [0, 0.1) is 0 Å². The Morgan fingerprint density at radius 2 is 1.76 bits per heavy atom. The van der Waals surface area contributed by atoms with Crippen LogP contribution in [0.2, 0.25) is 0 Å². The van der Waals surface area contributed by atoms with Crippen molar-refractivity contribution < 1.29 is 4.74 Å². The fraction of sp³-hybridized carbons (Fsp3) is 0.600. The van der Waals surface area contributed by atoms with Gasteiger partial charge in [0.05, 0.1) is 7.11 Å². The number of piperidine rings is 1. The van der Waals surface area contributed by atoms with Gasteiger partial charge in [0.1, 0.15) is 5.75 Å². The molecule has 0 aromatic heterocycles. The van der Waals surface area contributed by atoms with Gasteiger partial charge in [0, 0.05) is 6.54 Å². The average molecular weight is 233 g/mol. The zero-order valence-electron chi connectivity index (χ0n) is 11.0. The Hall–Kier alpha value is -1.02. The van der Waals surface area contributed by atoms with Crippen molar-refractivity contribution in [2.75, 3.05) is 26.7 Å². The molecule has 1 fully saturated rings. The van der Waals surface area contributed by atoms with E-state index in [0.29, 0.717) is 5.92 Å². The molecular formula is C15H23NO. The molecule has 0 saturated carbocycles. The summed E-state index contributed by atoms with van der Waals surface area (Å²) in [5.74, 6) is 1.55. The van der Waals surface area contributed by atoms with E-state index in [0.717, 1.165) is 5.75 Å². The highest BCUT2D eigenvalue weighted by molar-refractivity contribution is 5.29. The highest BCUT2D eigenvalue weighted by Gasteiger charge is 2.14. The molecule has 2 rings (SSSR count). The first-order valence-electron chi connectivity index (χ1n) is 6.66. The van der Waals surface area contributed by atoms with E-state index in [2.05, 4.69) is 36.1 Å². The minimum Gasteiger partial charge on any atom is -0.497 e. The van der Waals surface area contributed by atoms with Crippen LogP contribution in [0.25, 0.3) is 0 Å². The molecule has 1 unspecified atom stereocenters. The number of hydrogen-bond donors (Lipinski definition) is 0. The van der Waals surface area contributed by atoms with Gasteiger partial charge in [-0.3, -0.25) is 0 Å². The number of likely N-dealkylation sites (tertiary alicyclic amines) is 1. The number of benzene rings is 1. The summed E-state index contributed by atoms with van der Waals surface area (Å²) in [5, 5.41) is 0. The predicted octanol–water partition coefficient (Wildman–Crippen LogP) is 3.28. The Kier molecular flexibility index (Phi) is 4.43. The second kappa shape index (κ2) is 6.06. The summed E-state index contributed by atoms with van der Waals surface area (Å²) in [5.41, 5.74) is 1.41.